The van der Waals surface area contributed by atoms with Crippen LogP contribution in [0.25, 0.3) is 0 Å². The third-order valence-corrected chi connectivity index (χ3v) is 3.09. The van der Waals surface area contributed by atoms with Crippen molar-refractivity contribution in [3.63, 3.8) is 0 Å². The van der Waals surface area contributed by atoms with E-state index in [9.17, 15) is 19.2 Å². The molecule has 0 unspecified atom stereocenters. The van der Waals surface area contributed by atoms with Crippen LogP contribution in [0.4, 0.5) is 4.79 Å². The number of alkyl halides is 1. The first kappa shape index (κ1) is 25.2. The molecule has 10 heteroatoms. The molecular weight excluding hydrogens is 388 g/mol. The fourth-order valence-electron chi connectivity index (χ4n) is 1.65. The number of nitrogens with one attached hydrogen (secondary N) is 2. The summed E-state index contributed by atoms with van der Waals surface area (Å²) in [4.78, 5) is 45.6. The average molecular weight is 415 g/mol. The number of hydrogen-bond donors (Lipinski definition) is 3. The minimum absolute atomic E-state index is 0.0593. The van der Waals surface area contributed by atoms with Gasteiger partial charge < -0.3 is 15.8 Å². The molecule has 0 spiro atoms. The summed E-state index contributed by atoms with van der Waals surface area (Å²) in [6.45, 7) is 3.77. The van der Waals surface area contributed by atoms with Gasteiger partial charge in [-0.15, -0.1) is 11.6 Å². The van der Waals surface area contributed by atoms with Crippen LogP contribution < -0.4 is 16.5 Å². The van der Waals surface area contributed by atoms with Crippen molar-refractivity contribution in [2.75, 3.05) is 19.0 Å². The number of nitrogens with two attached hydrogens (primary N) is 1. The van der Waals surface area contributed by atoms with Gasteiger partial charge in [-0.3, -0.25) is 24.8 Å². The Morgan fingerprint density at radius 2 is 1.75 bits per heavy atom. The van der Waals surface area contributed by atoms with Crippen LogP contribution in [0.3, 0.4) is 0 Å². The fourth-order valence-corrected chi connectivity index (χ4v) is 1.80. The molecule has 0 fully saturated rings. The van der Waals surface area contributed by atoms with Crippen LogP contribution >= 0.6 is 11.6 Å². The van der Waals surface area contributed by atoms with Crippen molar-refractivity contribution >= 4 is 35.4 Å². The summed E-state index contributed by atoms with van der Waals surface area (Å²) in [6, 6.07) is 9.01. The zero-order valence-electron chi connectivity index (χ0n) is 16.1. The molecule has 0 aromatic heterocycles. The molecule has 0 saturated carbocycles. The average Bonchev–Trinajstić information content (AvgIpc) is 2.68. The highest BCUT2D eigenvalue weighted by atomic mass is 35.5. The topological polar surface area (TPSA) is 131 Å². The van der Waals surface area contributed by atoms with E-state index in [4.69, 9.17) is 22.1 Å². The van der Waals surface area contributed by atoms with E-state index in [0.717, 1.165) is 10.6 Å². The Labute approximate surface area is 169 Å². The van der Waals surface area contributed by atoms with Gasteiger partial charge in [0.05, 0.1) is 6.54 Å². The van der Waals surface area contributed by atoms with Crippen molar-refractivity contribution in [1.29, 1.82) is 0 Å². The van der Waals surface area contributed by atoms with Crippen LogP contribution in [0.2, 0.25) is 0 Å². The van der Waals surface area contributed by atoms with Gasteiger partial charge in [0.15, 0.2) is 0 Å². The molecule has 1 rings (SSSR count). The minimum atomic E-state index is -0.786. The van der Waals surface area contributed by atoms with Gasteiger partial charge in [0, 0.05) is 6.42 Å². The first-order chi connectivity index (χ1) is 13.3. The molecule has 0 bridgehead atoms. The molecule has 4 N–H and O–H groups in total. The van der Waals surface area contributed by atoms with Gasteiger partial charge in [-0.25, -0.2) is 4.79 Å². The number of hydrogen-bond acceptors (Lipinski definition) is 5. The normalized spacial score (nSPS) is 9.39. The first-order valence-corrected chi connectivity index (χ1v) is 9.26. The number of alkyl carbamates (subject to hydrolysis) is 1. The van der Waals surface area contributed by atoms with Gasteiger partial charge in [-0.1, -0.05) is 50.6 Å². The maximum atomic E-state index is 11.8. The molecule has 28 heavy (non-hydrogen) atoms. The van der Waals surface area contributed by atoms with Gasteiger partial charge in [0.25, 0.3) is 11.8 Å². The smallest absolute Gasteiger partial charge is 0.407 e. The Bertz CT molecular complexity index is 628. The number of carbonyl (C=O) groups is 4. The molecule has 0 atom stereocenters. The molecule has 9 nitrogen and oxygen atoms in total. The molecule has 0 aliphatic rings. The van der Waals surface area contributed by atoms with Crippen molar-refractivity contribution in [2.24, 2.45) is 5.73 Å². The lowest BCUT2D eigenvalue weighted by atomic mass is 10.2. The number of ether oxygens (including phenoxy) is 1. The van der Waals surface area contributed by atoms with E-state index in [1.54, 1.807) is 24.3 Å². The molecule has 0 aliphatic carbocycles. The lowest BCUT2D eigenvalue weighted by molar-refractivity contribution is -0.139. The molecule has 0 aliphatic heterocycles. The Hall–Kier alpha value is -2.81. The van der Waals surface area contributed by atoms with Crippen LogP contribution in [0.15, 0.2) is 30.3 Å². The third-order valence-electron chi connectivity index (χ3n) is 2.86. The van der Waals surface area contributed by atoms with Crippen LogP contribution in [-0.2, 0) is 25.7 Å². The zero-order chi connectivity index (χ0) is 21.4. The number of rotatable bonds is 8. The number of halogens is 1. The second-order valence-corrected chi connectivity index (χ2v) is 5.82. The number of hydrazine groups is 1. The number of carbonyl (C=O) groups excluding carboxylic acids is 4. The second kappa shape index (κ2) is 15.3. The summed E-state index contributed by atoms with van der Waals surface area (Å²) in [5.74, 6) is -2.31. The van der Waals surface area contributed by atoms with Gasteiger partial charge in [0.1, 0.15) is 19.0 Å². The highest BCUT2D eigenvalue weighted by Crippen LogP contribution is 2.00. The molecule has 0 radical (unpaired) electrons. The van der Waals surface area contributed by atoms with E-state index >= 15 is 0 Å². The summed E-state index contributed by atoms with van der Waals surface area (Å²) in [5, 5.41) is 3.12. The van der Waals surface area contributed by atoms with E-state index in [-0.39, 0.29) is 25.5 Å². The molecule has 1 aromatic carbocycles. The third kappa shape index (κ3) is 12.5. The highest BCUT2D eigenvalue weighted by molar-refractivity contribution is 6.27. The van der Waals surface area contributed by atoms with Crippen molar-refractivity contribution in [3.05, 3.63) is 35.9 Å². The van der Waals surface area contributed by atoms with Gasteiger partial charge in [0.2, 0.25) is 5.91 Å². The van der Waals surface area contributed by atoms with E-state index in [2.05, 4.69) is 24.6 Å². The number of primary amides is 1. The molecule has 156 valence electrons. The van der Waals surface area contributed by atoms with Gasteiger partial charge >= 0.3 is 6.09 Å². The summed E-state index contributed by atoms with van der Waals surface area (Å²) < 4.78 is 4.94. The highest BCUT2D eigenvalue weighted by Gasteiger charge is 2.16. The standard InChI is InChI=1S/C15H19ClN4O5.C3H8/c16-8-14(23)20(7-6-12(17)21)19-13(22)9-18-15(24)25-10-11-4-2-1-3-5-11;1-3-2/h1-5H,6-10H2,(H2,17,21)(H,18,24)(H,19,22);3H2,1-2H3. The lowest BCUT2D eigenvalue weighted by Crippen LogP contribution is -2.51. The Balaban J connectivity index is 0.00000227. The maximum absolute atomic E-state index is 11.8. The Morgan fingerprint density at radius 3 is 2.29 bits per heavy atom. The predicted octanol–water partition coefficient (Wildman–Crippen LogP) is 1.30. The van der Waals surface area contributed by atoms with Crippen molar-refractivity contribution < 1.29 is 23.9 Å². The molecule has 4 amide bonds. The predicted molar refractivity (Wildman–Crippen MR) is 105 cm³/mol. The molecule has 1 aromatic rings. The Morgan fingerprint density at radius 1 is 1.14 bits per heavy atom. The van der Waals surface area contributed by atoms with Crippen molar-refractivity contribution in [2.45, 2.75) is 33.3 Å². The van der Waals surface area contributed by atoms with Crippen molar-refractivity contribution in [1.82, 2.24) is 15.8 Å². The summed E-state index contributed by atoms with van der Waals surface area (Å²) in [7, 11) is 0. The first-order valence-electron chi connectivity index (χ1n) is 8.72. The maximum Gasteiger partial charge on any atom is 0.407 e. The quantitative estimate of drug-likeness (QED) is 0.436. The monoisotopic (exact) mass is 414 g/mol. The minimum Gasteiger partial charge on any atom is -0.445 e. The van der Waals surface area contributed by atoms with E-state index in [1.807, 2.05) is 6.07 Å². The molecule has 0 heterocycles. The molecular formula is C18H27ClN4O5. The second-order valence-electron chi connectivity index (χ2n) is 5.55. The van der Waals surface area contributed by atoms with Crippen LogP contribution in [0, 0.1) is 0 Å². The zero-order valence-corrected chi connectivity index (χ0v) is 16.8. The lowest BCUT2D eigenvalue weighted by Gasteiger charge is -2.21. The van der Waals surface area contributed by atoms with Gasteiger partial charge in [-0.2, -0.15) is 0 Å². The number of benzene rings is 1. The summed E-state index contributed by atoms with van der Waals surface area (Å²) >= 11 is 5.42. The van der Waals surface area contributed by atoms with Gasteiger partial charge in [-0.05, 0) is 5.56 Å². The molecule has 0 saturated heterocycles. The fraction of sp³-hybridized carbons (Fsp3) is 0.444. The number of nitrogens with zero attached hydrogens (tertiary/aromatic N) is 1. The SMILES string of the molecule is CCC.NC(=O)CCN(NC(=O)CNC(=O)OCc1ccccc1)C(=O)CCl. The number of amides is 4. The summed E-state index contributed by atoms with van der Waals surface area (Å²) in [5.41, 5.74) is 8.03. The van der Waals surface area contributed by atoms with E-state index < -0.39 is 30.4 Å². The van der Waals surface area contributed by atoms with Crippen LogP contribution in [0.5, 0.6) is 0 Å². The van der Waals surface area contributed by atoms with Crippen molar-refractivity contribution in [3.8, 4) is 0 Å². The Kier molecular flexibility index (Phi) is 13.7. The van der Waals surface area contributed by atoms with Crippen LogP contribution in [0.1, 0.15) is 32.3 Å². The van der Waals surface area contributed by atoms with E-state index in [0.29, 0.717) is 0 Å². The van der Waals surface area contributed by atoms with E-state index in [1.165, 1.54) is 6.42 Å². The summed E-state index contributed by atoms with van der Waals surface area (Å²) in [6.07, 6.45) is 0.321. The van der Waals surface area contributed by atoms with Crippen LogP contribution in [-0.4, -0.2) is 47.8 Å². The largest absolute Gasteiger partial charge is 0.445 e.